The van der Waals surface area contributed by atoms with E-state index < -0.39 is 5.97 Å². The number of aromatic hydroxyl groups is 1. The smallest absolute Gasteiger partial charge is 0.383 e. The van der Waals surface area contributed by atoms with Crippen LogP contribution in [-0.4, -0.2) is 18.2 Å². The highest BCUT2D eigenvalue weighted by molar-refractivity contribution is 5.93. The number of methoxy groups -OCH3 is 1. The van der Waals surface area contributed by atoms with Gasteiger partial charge in [-0.3, -0.25) is 0 Å². The van der Waals surface area contributed by atoms with Gasteiger partial charge in [0.2, 0.25) is 0 Å². The predicted octanol–water partition coefficient (Wildman–Crippen LogP) is 1.44. The minimum atomic E-state index is -1.20. The van der Waals surface area contributed by atoms with Gasteiger partial charge in [-0.25, -0.2) is 9.74 Å². The van der Waals surface area contributed by atoms with E-state index in [1.165, 1.54) is 25.3 Å². The Balaban J connectivity index is 3.20. The minimum absolute atomic E-state index is 0.106. The lowest BCUT2D eigenvalue weighted by Crippen LogP contribution is -2.01. The van der Waals surface area contributed by atoms with Crippen molar-refractivity contribution in [3.63, 3.8) is 0 Å². The molecule has 0 fully saturated rings. The molecular weight excluding hydrogens is 179 g/mol. The lowest BCUT2D eigenvalue weighted by atomic mass is 10.2. The number of benzene rings is 1. The van der Waals surface area contributed by atoms with Crippen LogP contribution in [-0.2, 0) is 4.94 Å². The third kappa shape index (κ3) is 1.69. The summed E-state index contributed by atoms with van der Waals surface area (Å²) in [5, 5.41) is 9.18. The van der Waals surface area contributed by atoms with Crippen LogP contribution in [0.3, 0.4) is 0 Å². The molecule has 0 saturated carbocycles. The number of halogens is 1. The van der Waals surface area contributed by atoms with Crippen LogP contribution in [0.2, 0.25) is 0 Å². The van der Waals surface area contributed by atoms with E-state index >= 15 is 0 Å². The molecule has 0 aliphatic carbocycles. The minimum Gasteiger partial charge on any atom is -0.504 e. The highest BCUT2D eigenvalue weighted by Gasteiger charge is 2.16. The van der Waals surface area contributed by atoms with Gasteiger partial charge in [-0.1, -0.05) is 6.07 Å². The average molecular weight is 186 g/mol. The first-order chi connectivity index (χ1) is 6.20. The Bertz CT molecular complexity index is 324. The number of hydrogen-bond donors (Lipinski definition) is 1. The third-order valence-electron chi connectivity index (χ3n) is 1.49. The number of hydrogen-bond acceptors (Lipinski definition) is 4. The molecule has 0 heterocycles. The molecule has 0 spiro atoms. The second kappa shape index (κ2) is 3.75. The standard InChI is InChI=1S/C8H7FO4/c1-12-7-5(8(11)13-9)3-2-4-6(7)10/h2-4,10H,1H3. The number of carbonyl (C=O) groups is 1. The largest absolute Gasteiger partial charge is 0.504 e. The zero-order valence-electron chi connectivity index (χ0n) is 6.78. The Morgan fingerprint density at radius 1 is 1.54 bits per heavy atom. The first-order valence-corrected chi connectivity index (χ1v) is 3.39. The third-order valence-corrected chi connectivity index (χ3v) is 1.49. The summed E-state index contributed by atoms with van der Waals surface area (Å²) in [6.45, 7) is 0. The Kier molecular flexibility index (Phi) is 2.69. The number of para-hydroxylation sites is 1. The number of carbonyl (C=O) groups excluding carboxylic acids is 1. The van der Waals surface area contributed by atoms with Crippen molar-refractivity contribution in [1.29, 1.82) is 0 Å². The summed E-state index contributed by atoms with van der Waals surface area (Å²) in [6, 6.07) is 3.97. The molecule has 70 valence electrons. The van der Waals surface area contributed by atoms with Gasteiger partial charge in [-0.05, 0) is 12.1 Å². The van der Waals surface area contributed by atoms with Crippen molar-refractivity contribution >= 4 is 5.97 Å². The Morgan fingerprint density at radius 2 is 2.23 bits per heavy atom. The highest BCUT2D eigenvalue weighted by Crippen LogP contribution is 2.29. The molecule has 1 N–H and O–H groups in total. The second-order valence-electron chi connectivity index (χ2n) is 2.22. The fraction of sp³-hybridized carbons (Fsp3) is 0.125. The fourth-order valence-corrected chi connectivity index (χ4v) is 0.942. The normalized spacial score (nSPS) is 9.38. The van der Waals surface area contributed by atoms with Gasteiger partial charge in [-0.2, -0.15) is 0 Å². The van der Waals surface area contributed by atoms with Gasteiger partial charge in [0.1, 0.15) is 5.56 Å². The zero-order valence-corrected chi connectivity index (χ0v) is 6.78. The van der Waals surface area contributed by atoms with E-state index in [2.05, 4.69) is 9.68 Å². The molecular formula is C8H7FO4. The Morgan fingerprint density at radius 3 is 2.77 bits per heavy atom. The van der Waals surface area contributed by atoms with Gasteiger partial charge in [0.15, 0.2) is 11.5 Å². The van der Waals surface area contributed by atoms with Crippen LogP contribution in [0.15, 0.2) is 18.2 Å². The number of phenolic OH excluding ortho intramolecular Hbond substituents is 1. The maximum Gasteiger partial charge on any atom is 0.383 e. The van der Waals surface area contributed by atoms with Gasteiger partial charge < -0.3 is 9.84 Å². The van der Waals surface area contributed by atoms with Crippen molar-refractivity contribution in [2.24, 2.45) is 0 Å². The summed E-state index contributed by atoms with van der Waals surface area (Å²) < 4.78 is 16.2. The quantitative estimate of drug-likeness (QED) is 0.759. The summed E-state index contributed by atoms with van der Waals surface area (Å²) in [4.78, 5) is 13.8. The number of ether oxygens (including phenoxy) is 1. The fourth-order valence-electron chi connectivity index (χ4n) is 0.942. The van der Waals surface area contributed by atoms with Crippen molar-refractivity contribution in [3.8, 4) is 11.5 Å². The molecule has 1 rings (SSSR count). The highest BCUT2D eigenvalue weighted by atomic mass is 19.3. The van der Waals surface area contributed by atoms with E-state index in [0.717, 1.165) is 0 Å². The lowest BCUT2D eigenvalue weighted by Gasteiger charge is -2.05. The van der Waals surface area contributed by atoms with Crippen molar-refractivity contribution in [3.05, 3.63) is 23.8 Å². The van der Waals surface area contributed by atoms with Gasteiger partial charge in [0.05, 0.1) is 7.11 Å². The predicted molar refractivity (Wildman–Crippen MR) is 41.2 cm³/mol. The summed E-state index contributed by atoms with van der Waals surface area (Å²) in [5.41, 5.74) is -0.162. The molecule has 0 atom stereocenters. The molecule has 4 nitrogen and oxygen atoms in total. The van der Waals surface area contributed by atoms with Gasteiger partial charge >= 0.3 is 5.97 Å². The van der Waals surface area contributed by atoms with Gasteiger partial charge in [0.25, 0.3) is 0 Å². The van der Waals surface area contributed by atoms with Crippen LogP contribution in [0, 0.1) is 0 Å². The van der Waals surface area contributed by atoms with E-state index in [9.17, 15) is 14.4 Å². The number of phenols is 1. The molecule has 1 aromatic carbocycles. The van der Waals surface area contributed by atoms with Crippen LogP contribution < -0.4 is 4.74 Å². The first-order valence-electron chi connectivity index (χ1n) is 3.39. The molecule has 1 aromatic rings. The molecule has 0 amide bonds. The molecule has 0 radical (unpaired) electrons. The van der Waals surface area contributed by atoms with Crippen molar-refractivity contribution < 1.29 is 24.1 Å². The summed E-state index contributed by atoms with van der Waals surface area (Å²) in [6.07, 6.45) is 0. The molecule has 0 aromatic heterocycles. The van der Waals surface area contributed by atoms with Crippen LogP contribution in [0.4, 0.5) is 4.53 Å². The van der Waals surface area contributed by atoms with Crippen LogP contribution in [0.5, 0.6) is 11.5 Å². The van der Waals surface area contributed by atoms with E-state index in [4.69, 9.17) is 0 Å². The summed E-state index contributed by atoms with van der Waals surface area (Å²) in [7, 11) is 1.25. The second-order valence-corrected chi connectivity index (χ2v) is 2.22. The first kappa shape index (κ1) is 9.31. The maximum absolute atomic E-state index is 11.5. The van der Waals surface area contributed by atoms with Crippen LogP contribution >= 0.6 is 0 Å². The number of rotatable bonds is 2. The van der Waals surface area contributed by atoms with Crippen LogP contribution in [0.1, 0.15) is 10.4 Å². The molecule has 13 heavy (non-hydrogen) atoms. The van der Waals surface area contributed by atoms with E-state index in [1.54, 1.807) is 0 Å². The van der Waals surface area contributed by atoms with E-state index in [1.807, 2.05) is 0 Å². The van der Waals surface area contributed by atoms with Gasteiger partial charge in [-0.15, -0.1) is 0 Å². The Hall–Kier alpha value is -1.78. The molecule has 0 bridgehead atoms. The summed E-state index contributed by atoms with van der Waals surface area (Å²) >= 11 is 0. The molecule has 0 aliphatic rings. The van der Waals surface area contributed by atoms with E-state index in [0.29, 0.717) is 0 Å². The monoisotopic (exact) mass is 186 g/mol. The molecule has 0 unspecified atom stereocenters. The molecule has 0 saturated heterocycles. The van der Waals surface area contributed by atoms with Gasteiger partial charge in [0, 0.05) is 4.53 Å². The van der Waals surface area contributed by atoms with Crippen molar-refractivity contribution in [2.45, 2.75) is 0 Å². The Labute approximate surface area is 73.4 Å². The lowest BCUT2D eigenvalue weighted by molar-refractivity contribution is -0.0790. The average Bonchev–Trinajstić information content (AvgIpc) is 2.16. The summed E-state index contributed by atoms with van der Waals surface area (Å²) in [5.74, 6) is -1.55. The van der Waals surface area contributed by atoms with E-state index in [-0.39, 0.29) is 17.1 Å². The zero-order chi connectivity index (χ0) is 9.84. The topological polar surface area (TPSA) is 55.8 Å². The van der Waals surface area contributed by atoms with Crippen molar-refractivity contribution in [2.75, 3.05) is 7.11 Å². The SMILES string of the molecule is COc1c(O)cccc1C(=O)OF. The van der Waals surface area contributed by atoms with Crippen LogP contribution in [0.25, 0.3) is 0 Å². The van der Waals surface area contributed by atoms with Crippen molar-refractivity contribution in [1.82, 2.24) is 0 Å². The molecule has 0 aliphatic heterocycles. The molecule has 5 heteroatoms. The maximum atomic E-state index is 11.5.